The number of rotatable bonds is 5. The van der Waals surface area contributed by atoms with E-state index in [-0.39, 0.29) is 6.54 Å². The standard InChI is InChI=1S/C13H15F3N2O/c1-18(6-5-13(14,15)16)9-10-3-4-11(8-17)12(7-10)19-2/h3-4,7H,5-6,9H2,1-2H3. The van der Waals surface area contributed by atoms with Gasteiger partial charge in [0.05, 0.1) is 19.1 Å². The summed E-state index contributed by atoms with van der Waals surface area (Å²) in [6.45, 7) is 0.309. The molecule has 0 aliphatic heterocycles. The SMILES string of the molecule is COc1cc(CN(C)CCC(F)(F)F)ccc1C#N. The van der Waals surface area contributed by atoms with E-state index in [1.807, 2.05) is 6.07 Å². The van der Waals surface area contributed by atoms with Gasteiger partial charge in [0.25, 0.3) is 0 Å². The van der Waals surface area contributed by atoms with Gasteiger partial charge in [0.1, 0.15) is 11.8 Å². The summed E-state index contributed by atoms with van der Waals surface area (Å²) in [4.78, 5) is 1.58. The Kier molecular flexibility index (Phi) is 5.19. The predicted octanol–water partition coefficient (Wildman–Crippen LogP) is 2.95. The molecule has 0 aliphatic rings. The van der Waals surface area contributed by atoms with Crippen molar-refractivity contribution in [3.8, 4) is 11.8 Å². The molecule has 19 heavy (non-hydrogen) atoms. The summed E-state index contributed by atoms with van der Waals surface area (Å²) in [6, 6.07) is 6.97. The highest BCUT2D eigenvalue weighted by Gasteiger charge is 2.27. The highest BCUT2D eigenvalue weighted by molar-refractivity contribution is 5.45. The summed E-state index contributed by atoms with van der Waals surface area (Å²) in [5, 5.41) is 8.83. The van der Waals surface area contributed by atoms with Crippen molar-refractivity contribution in [2.45, 2.75) is 19.1 Å². The molecule has 0 spiro atoms. The maximum atomic E-state index is 12.1. The maximum Gasteiger partial charge on any atom is 0.390 e. The number of nitriles is 1. The Bertz CT molecular complexity index is 466. The lowest BCUT2D eigenvalue weighted by atomic mass is 10.1. The average Bonchev–Trinajstić information content (AvgIpc) is 2.35. The number of halogens is 3. The number of methoxy groups -OCH3 is 1. The third-order valence-corrected chi connectivity index (χ3v) is 2.62. The third-order valence-electron chi connectivity index (χ3n) is 2.62. The number of benzene rings is 1. The van der Waals surface area contributed by atoms with Crippen molar-refractivity contribution in [2.75, 3.05) is 20.7 Å². The van der Waals surface area contributed by atoms with E-state index in [0.717, 1.165) is 5.56 Å². The minimum atomic E-state index is -4.14. The number of hydrogen-bond acceptors (Lipinski definition) is 3. The summed E-state index contributed by atoms with van der Waals surface area (Å²) in [6.07, 6.45) is -4.98. The van der Waals surface area contributed by atoms with Crippen molar-refractivity contribution in [3.05, 3.63) is 29.3 Å². The largest absolute Gasteiger partial charge is 0.495 e. The van der Waals surface area contributed by atoms with E-state index in [1.165, 1.54) is 7.11 Å². The molecule has 0 atom stereocenters. The number of hydrogen-bond donors (Lipinski definition) is 0. The molecule has 0 N–H and O–H groups in total. The quantitative estimate of drug-likeness (QED) is 0.826. The van der Waals surface area contributed by atoms with Gasteiger partial charge in [-0.05, 0) is 24.7 Å². The lowest BCUT2D eigenvalue weighted by Gasteiger charge is -2.18. The fraction of sp³-hybridized carbons (Fsp3) is 0.462. The van der Waals surface area contributed by atoms with Gasteiger partial charge in [-0.25, -0.2) is 0 Å². The molecular formula is C13H15F3N2O. The van der Waals surface area contributed by atoms with Gasteiger partial charge in [0, 0.05) is 13.1 Å². The third kappa shape index (κ3) is 5.18. The van der Waals surface area contributed by atoms with Crippen LogP contribution >= 0.6 is 0 Å². The molecule has 0 aliphatic carbocycles. The zero-order valence-corrected chi connectivity index (χ0v) is 10.8. The van der Waals surface area contributed by atoms with Crippen LogP contribution in [0.2, 0.25) is 0 Å². The number of nitrogens with zero attached hydrogens (tertiary/aromatic N) is 2. The first-order valence-corrected chi connectivity index (χ1v) is 5.68. The van der Waals surface area contributed by atoms with E-state index in [9.17, 15) is 13.2 Å². The molecule has 0 aromatic heterocycles. The van der Waals surface area contributed by atoms with E-state index in [0.29, 0.717) is 17.9 Å². The second kappa shape index (κ2) is 6.43. The van der Waals surface area contributed by atoms with Crippen molar-refractivity contribution in [2.24, 2.45) is 0 Å². The van der Waals surface area contributed by atoms with Crippen LogP contribution in [0.15, 0.2) is 18.2 Å². The minimum absolute atomic E-state index is 0.0637. The van der Waals surface area contributed by atoms with Crippen LogP contribution in [0.1, 0.15) is 17.5 Å². The lowest BCUT2D eigenvalue weighted by Crippen LogP contribution is -2.24. The maximum absolute atomic E-state index is 12.1. The summed E-state index contributed by atoms with van der Waals surface area (Å²) in [7, 11) is 3.07. The van der Waals surface area contributed by atoms with Gasteiger partial charge in [-0.3, -0.25) is 0 Å². The summed E-state index contributed by atoms with van der Waals surface area (Å²) < 4.78 is 41.3. The molecule has 1 rings (SSSR count). The van der Waals surface area contributed by atoms with Gasteiger partial charge in [-0.15, -0.1) is 0 Å². The Morgan fingerprint density at radius 2 is 2.05 bits per heavy atom. The monoisotopic (exact) mass is 272 g/mol. The van der Waals surface area contributed by atoms with E-state index in [2.05, 4.69) is 0 Å². The molecule has 3 nitrogen and oxygen atoms in total. The molecule has 6 heteroatoms. The first kappa shape index (κ1) is 15.3. The van der Waals surface area contributed by atoms with E-state index >= 15 is 0 Å². The molecule has 0 heterocycles. The van der Waals surface area contributed by atoms with Crippen LogP contribution in [-0.4, -0.2) is 31.8 Å². The van der Waals surface area contributed by atoms with Gasteiger partial charge in [0.2, 0.25) is 0 Å². The predicted molar refractivity (Wildman–Crippen MR) is 64.7 cm³/mol. The number of alkyl halides is 3. The van der Waals surface area contributed by atoms with Crippen molar-refractivity contribution in [1.82, 2.24) is 4.90 Å². The molecule has 104 valence electrons. The van der Waals surface area contributed by atoms with Gasteiger partial charge < -0.3 is 9.64 Å². The Hall–Kier alpha value is -1.74. The Balaban J connectivity index is 2.65. The van der Waals surface area contributed by atoms with Gasteiger partial charge >= 0.3 is 6.18 Å². The van der Waals surface area contributed by atoms with E-state index in [4.69, 9.17) is 10.00 Å². The van der Waals surface area contributed by atoms with Crippen LogP contribution in [-0.2, 0) is 6.54 Å². The zero-order chi connectivity index (χ0) is 14.5. The molecule has 1 aromatic rings. The molecule has 0 radical (unpaired) electrons. The Labute approximate surface area is 110 Å². The summed E-state index contributed by atoms with van der Waals surface area (Å²) in [5.41, 5.74) is 1.21. The molecule has 0 bridgehead atoms. The average molecular weight is 272 g/mol. The van der Waals surface area contributed by atoms with Crippen molar-refractivity contribution in [3.63, 3.8) is 0 Å². The first-order chi connectivity index (χ1) is 8.85. The molecule has 0 fully saturated rings. The normalized spacial score (nSPS) is 11.4. The minimum Gasteiger partial charge on any atom is -0.495 e. The van der Waals surface area contributed by atoms with Crippen molar-refractivity contribution in [1.29, 1.82) is 5.26 Å². The smallest absolute Gasteiger partial charge is 0.390 e. The lowest BCUT2D eigenvalue weighted by molar-refractivity contribution is -0.137. The van der Waals surface area contributed by atoms with Crippen LogP contribution in [0.25, 0.3) is 0 Å². The Morgan fingerprint density at radius 1 is 1.37 bits per heavy atom. The molecule has 0 unspecified atom stereocenters. The summed E-state index contributed by atoms with van der Waals surface area (Å²) >= 11 is 0. The molecule has 1 aromatic carbocycles. The van der Waals surface area contributed by atoms with Crippen LogP contribution in [0, 0.1) is 11.3 Å². The highest BCUT2D eigenvalue weighted by atomic mass is 19.4. The van der Waals surface area contributed by atoms with Gasteiger partial charge in [-0.1, -0.05) is 6.07 Å². The van der Waals surface area contributed by atoms with E-state index < -0.39 is 12.6 Å². The van der Waals surface area contributed by atoms with Gasteiger partial charge in [0.15, 0.2) is 0 Å². The molecule has 0 saturated carbocycles. The molecule has 0 amide bonds. The van der Waals surface area contributed by atoms with Crippen LogP contribution in [0.5, 0.6) is 5.75 Å². The van der Waals surface area contributed by atoms with E-state index in [1.54, 1.807) is 30.1 Å². The van der Waals surface area contributed by atoms with Crippen LogP contribution in [0.3, 0.4) is 0 Å². The first-order valence-electron chi connectivity index (χ1n) is 5.68. The zero-order valence-electron chi connectivity index (χ0n) is 10.8. The molecule has 0 saturated heterocycles. The van der Waals surface area contributed by atoms with Crippen molar-refractivity contribution >= 4 is 0 Å². The van der Waals surface area contributed by atoms with Crippen molar-refractivity contribution < 1.29 is 17.9 Å². The molecular weight excluding hydrogens is 257 g/mol. The number of ether oxygens (including phenoxy) is 1. The fourth-order valence-corrected chi connectivity index (χ4v) is 1.63. The highest BCUT2D eigenvalue weighted by Crippen LogP contribution is 2.22. The Morgan fingerprint density at radius 3 is 2.58 bits per heavy atom. The summed E-state index contributed by atoms with van der Waals surface area (Å²) in [5.74, 6) is 0.434. The van der Waals surface area contributed by atoms with Gasteiger partial charge in [-0.2, -0.15) is 18.4 Å². The fourth-order valence-electron chi connectivity index (χ4n) is 1.63. The topological polar surface area (TPSA) is 36.3 Å². The van der Waals surface area contributed by atoms with Crippen LogP contribution < -0.4 is 4.74 Å². The second-order valence-electron chi connectivity index (χ2n) is 4.25. The van der Waals surface area contributed by atoms with Crippen LogP contribution in [0.4, 0.5) is 13.2 Å². The second-order valence-corrected chi connectivity index (χ2v) is 4.25.